The van der Waals surface area contributed by atoms with Crippen LogP contribution in [-0.2, 0) is 19.4 Å². The molecule has 2 aromatic rings. The van der Waals surface area contributed by atoms with Crippen molar-refractivity contribution in [1.29, 1.82) is 0 Å². The Morgan fingerprint density at radius 3 is 2.46 bits per heavy atom. The Morgan fingerprint density at radius 2 is 1.81 bits per heavy atom. The van der Waals surface area contributed by atoms with Crippen LogP contribution >= 0.6 is 0 Å². The third kappa shape index (κ3) is 3.96. The molecule has 0 unspecified atom stereocenters. The lowest BCUT2D eigenvalue weighted by molar-refractivity contribution is -0.138. The molecule has 0 aliphatic carbocycles. The van der Waals surface area contributed by atoms with Gasteiger partial charge in [0.2, 0.25) is 0 Å². The molecular formula is C20H20O5S. The molecule has 3 rings (SSSR count). The average Bonchev–Trinajstić information content (AvgIpc) is 2.83. The molecule has 6 heteroatoms. The molecule has 0 aromatic heterocycles. The number of hydrogen-bond acceptors (Lipinski definition) is 5. The van der Waals surface area contributed by atoms with E-state index in [-0.39, 0.29) is 10.9 Å². The molecule has 0 amide bonds. The van der Waals surface area contributed by atoms with Gasteiger partial charge in [-0.15, -0.1) is 0 Å². The van der Waals surface area contributed by atoms with Gasteiger partial charge >= 0.3 is 5.97 Å². The Labute approximate surface area is 153 Å². The Balaban J connectivity index is 1.97. The van der Waals surface area contributed by atoms with Gasteiger partial charge < -0.3 is 9.47 Å². The minimum absolute atomic E-state index is 0.281. The van der Waals surface area contributed by atoms with Crippen molar-refractivity contribution in [3.8, 4) is 16.9 Å². The highest BCUT2D eigenvalue weighted by Gasteiger charge is 2.17. The molecule has 0 radical (unpaired) electrons. The predicted octanol–water partition coefficient (Wildman–Crippen LogP) is 3.49. The van der Waals surface area contributed by atoms with Gasteiger partial charge in [0, 0.05) is 23.8 Å². The third-order valence-electron chi connectivity index (χ3n) is 4.12. The first-order valence-corrected chi connectivity index (χ1v) is 10.2. The SMILES string of the molecule is CCOC(=O)C1=Cc2cc(-c3ccc(S(C)(=O)=O)cc3)ccc2OCC1. The number of sulfone groups is 1. The van der Waals surface area contributed by atoms with Crippen molar-refractivity contribution >= 4 is 21.9 Å². The van der Waals surface area contributed by atoms with E-state index in [1.165, 1.54) is 6.26 Å². The molecule has 0 saturated heterocycles. The summed E-state index contributed by atoms with van der Waals surface area (Å²) < 4.78 is 34.0. The number of hydrogen-bond donors (Lipinski definition) is 0. The van der Waals surface area contributed by atoms with E-state index < -0.39 is 9.84 Å². The zero-order valence-electron chi connectivity index (χ0n) is 14.7. The van der Waals surface area contributed by atoms with Gasteiger partial charge in [-0.1, -0.05) is 18.2 Å². The average molecular weight is 372 g/mol. The lowest BCUT2D eigenvalue weighted by Crippen LogP contribution is -2.09. The largest absolute Gasteiger partial charge is 0.493 e. The summed E-state index contributed by atoms with van der Waals surface area (Å²) in [7, 11) is -3.22. The second-order valence-corrected chi connectivity index (χ2v) is 8.05. The number of ether oxygens (including phenoxy) is 2. The Bertz CT molecular complexity index is 956. The summed E-state index contributed by atoms with van der Waals surface area (Å²) in [5.74, 6) is 0.382. The number of rotatable bonds is 4. The fraction of sp³-hybridized carbons (Fsp3) is 0.250. The normalized spacial score (nSPS) is 13.8. The van der Waals surface area contributed by atoms with Crippen molar-refractivity contribution in [1.82, 2.24) is 0 Å². The highest BCUT2D eigenvalue weighted by Crippen LogP contribution is 2.31. The van der Waals surface area contributed by atoms with Gasteiger partial charge in [0.05, 0.1) is 18.1 Å². The van der Waals surface area contributed by atoms with Crippen molar-refractivity contribution in [2.45, 2.75) is 18.2 Å². The van der Waals surface area contributed by atoms with Gasteiger partial charge in [0.15, 0.2) is 9.84 Å². The highest BCUT2D eigenvalue weighted by atomic mass is 32.2. The fourth-order valence-corrected chi connectivity index (χ4v) is 3.41. The summed E-state index contributed by atoms with van der Waals surface area (Å²) in [4.78, 5) is 12.3. The lowest BCUT2D eigenvalue weighted by atomic mass is 10.0. The Hall–Kier alpha value is -2.60. The summed E-state index contributed by atoms with van der Waals surface area (Å²) in [5, 5.41) is 0. The van der Waals surface area contributed by atoms with Crippen LogP contribution < -0.4 is 4.74 Å². The molecule has 0 atom stereocenters. The van der Waals surface area contributed by atoms with Crippen LogP contribution in [0, 0.1) is 0 Å². The number of fused-ring (bicyclic) bond motifs is 1. The smallest absolute Gasteiger partial charge is 0.334 e. The van der Waals surface area contributed by atoms with E-state index in [2.05, 4.69) is 0 Å². The van der Waals surface area contributed by atoms with Crippen LogP contribution in [-0.4, -0.2) is 33.9 Å². The number of esters is 1. The lowest BCUT2D eigenvalue weighted by Gasteiger charge is -2.09. The van der Waals surface area contributed by atoms with Crippen molar-refractivity contribution in [2.75, 3.05) is 19.5 Å². The standard InChI is InChI=1S/C20H20O5S/c1-3-24-20(21)16-10-11-25-19-9-6-15(12-17(19)13-16)14-4-7-18(8-5-14)26(2,22)23/h4-9,12-13H,3,10-11H2,1-2H3. The summed E-state index contributed by atoms with van der Waals surface area (Å²) >= 11 is 0. The van der Waals surface area contributed by atoms with E-state index in [1.807, 2.05) is 18.2 Å². The van der Waals surface area contributed by atoms with Crippen molar-refractivity contribution in [3.05, 3.63) is 53.6 Å². The van der Waals surface area contributed by atoms with Crippen LogP contribution in [0.1, 0.15) is 18.9 Å². The molecule has 136 valence electrons. The van der Waals surface area contributed by atoms with E-state index in [0.717, 1.165) is 16.7 Å². The molecule has 5 nitrogen and oxygen atoms in total. The first-order valence-electron chi connectivity index (χ1n) is 8.33. The van der Waals surface area contributed by atoms with E-state index in [1.54, 1.807) is 37.3 Å². The molecule has 0 fully saturated rings. The zero-order valence-corrected chi connectivity index (χ0v) is 15.5. The summed E-state index contributed by atoms with van der Waals surface area (Å²) in [6, 6.07) is 12.4. The molecule has 2 aromatic carbocycles. The Kier molecular flexibility index (Phi) is 5.13. The molecule has 1 aliphatic heterocycles. The molecular weight excluding hydrogens is 352 g/mol. The zero-order chi connectivity index (χ0) is 18.7. The molecule has 26 heavy (non-hydrogen) atoms. The van der Waals surface area contributed by atoms with Crippen LogP contribution in [0.5, 0.6) is 5.75 Å². The van der Waals surface area contributed by atoms with Gasteiger partial charge in [-0.2, -0.15) is 0 Å². The quantitative estimate of drug-likeness (QED) is 0.769. The monoisotopic (exact) mass is 372 g/mol. The first kappa shape index (κ1) is 18.2. The van der Waals surface area contributed by atoms with E-state index in [0.29, 0.717) is 31.0 Å². The van der Waals surface area contributed by atoms with E-state index >= 15 is 0 Å². The number of benzene rings is 2. The predicted molar refractivity (Wildman–Crippen MR) is 99.7 cm³/mol. The van der Waals surface area contributed by atoms with Crippen LogP contribution in [0.25, 0.3) is 17.2 Å². The molecule has 0 spiro atoms. The molecule has 1 aliphatic rings. The highest BCUT2D eigenvalue weighted by molar-refractivity contribution is 7.90. The van der Waals surface area contributed by atoms with Crippen LogP contribution in [0.15, 0.2) is 52.9 Å². The minimum Gasteiger partial charge on any atom is -0.493 e. The molecule has 0 saturated carbocycles. The van der Waals surface area contributed by atoms with Crippen molar-refractivity contribution in [3.63, 3.8) is 0 Å². The maximum Gasteiger partial charge on any atom is 0.334 e. The van der Waals surface area contributed by atoms with Crippen LogP contribution in [0.3, 0.4) is 0 Å². The van der Waals surface area contributed by atoms with Crippen molar-refractivity contribution in [2.24, 2.45) is 0 Å². The van der Waals surface area contributed by atoms with Crippen LogP contribution in [0.4, 0.5) is 0 Å². The summed E-state index contributed by atoms with van der Waals surface area (Å²) in [6.45, 7) is 2.52. The van der Waals surface area contributed by atoms with Gasteiger partial charge in [-0.3, -0.25) is 0 Å². The van der Waals surface area contributed by atoms with E-state index in [9.17, 15) is 13.2 Å². The Morgan fingerprint density at radius 1 is 1.12 bits per heavy atom. The molecule has 0 bridgehead atoms. The van der Waals surface area contributed by atoms with Gasteiger partial charge in [0.25, 0.3) is 0 Å². The summed E-state index contributed by atoms with van der Waals surface area (Å²) in [5.41, 5.74) is 3.18. The van der Waals surface area contributed by atoms with Gasteiger partial charge in [0.1, 0.15) is 5.75 Å². The molecule has 1 heterocycles. The molecule has 0 N–H and O–H groups in total. The fourth-order valence-electron chi connectivity index (χ4n) is 2.78. The maximum absolute atomic E-state index is 12.0. The van der Waals surface area contributed by atoms with Crippen LogP contribution in [0.2, 0.25) is 0 Å². The minimum atomic E-state index is -3.22. The topological polar surface area (TPSA) is 69.7 Å². The van der Waals surface area contributed by atoms with Crippen molar-refractivity contribution < 1.29 is 22.7 Å². The van der Waals surface area contributed by atoms with Gasteiger partial charge in [-0.05, 0) is 48.4 Å². The number of carbonyl (C=O) groups excluding carboxylic acids is 1. The third-order valence-corrected chi connectivity index (χ3v) is 5.25. The summed E-state index contributed by atoms with van der Waals surface area (Å²) in [6.07, 6.45) is 3.48. The second-order valence-electron chi connectivity index (χ2n) is 6.04. The maximum atomic E-state index is 12.0. The first-order chi connectivity index (χ1) is 12.4. The van der Waals surface area contributed by atoms with Gasteiger partial charge in [-0.25, -0.2) is 13.2 Å². The number of carbonyl (C=O) groups is 1. The van der Waals surface area contributed by atoms with E-state index in [4.69, 9.17) is 9.47 Å². The second kappa shape index (κ2) is 7.33.